The zero-order valence-corrected chi connectivity index (χ0v) is 18.2. The Morgan fingerprint density at radius 2 is 1.56 bits per heavy atom. The molecule has 32 heavy (non-hydrogen) atoms. The Kier molecular flexibility index (Phi) is 6.33. The summed E-state index contributed by atoms with van der Waals surface area (Å²) in [7, 11) is 3.93. The fraction of sp³-hybridized carbons (Fsp3) is 0.154. The predicted octanol–water partition coefficient (Wildman–Crippen LogP) is 3.91. The van der Waals surface area contributed by atoms with E-state index in [1.54, 1.807) is 12.1 Å². The normalized spacial score (nSPS) is 14.0. The number of amides is 2. The van der Waals surface area contributed by atoms with Gasteiger partial charge in [0.25, 0.3) is 11.8 Å². The minimum atomic E-state index is -0.144. The average molecular weight is 427 g/mol. The molecule has 0 saturated heterocycles. The number of para-hydroxylation sites is 1. The van der Waals surface area contributed by atoms with E-state index >= 15 is 0 Å². The zero-order chi connectivity index (χ0) is 22.5. The molecule has 1 aliphatic rings. The molecule has 0 saturated carbocycles. The van der Waals surface area contributed by atoms with Crippen LogP contribution in [0.4, 0.5) is 11.4 Å². The highest BCUT2D eigenvalue weighted by Crippen LogP contribution is 2.37. The van der Waals surface area contributed by atoms with Crippen molar-refractivity contribution in [1.82, 2.24) is 10.2 Å². The van der Waals surface area contributed by atoms with Crippen LogP contribution in [0.3, 0.4) is 0 Å². The van der Waals surface area contributed by atoms with Crippen molar-refractivity contribution >= 4 is 34.5 Å². The molecule has 0 aromatic heterocycles. The number of rotatable bonds is 7. The van der Waals surface area contributed by atoms with Gasteiger partial charge in [-0.05, 0) is 50.0 Å². The molecule has 1 heterocycles. The van der Waals surface area contributed by atoms with Gasteiger partial charge in [0.15, 0.2) is 0 Å². The van der Waals surface area contributed by atoms with E-state index in [4.69, 9.17) is 0 Å². The fourth-order valence-corrected chi connectivity index (χ4v) is 3.59. The SMILES string of the molecule is CN(C)CCNC(=O)c1ccc(NC(=C2C(=O)Nc3ccccc32)c2ccccc2)cc1. The van der Waals surface area contributed by atoms with E-state index in [2.05, 4.69) is 16.0 Å². The molecular weight excluding hydrogens is 400 g/mol. The maximum Gasteiger partial charge on any atom is 0.258 e. The van der Waals surface area contributed by atoms with Gasteiger partial charge in [0, 0.05) is 35.6 Å². The molecule has 0 unspecified atom stereocenters. The molecule has 4 rings (SSSR count). The number of likely N-dealkylation sites (N-methyl/N-ethyl adjacent to an activating group) is 1. The Hall–Kier alpha value is -3.90. The third kappa shape index (κ3) is 4.71. The first-order valence-electron chi connectivity index (χ1n) is 10.5. The molecule has 2 amide bonds. The molecule has 6 nitrogen and oxygen atoms in total. The van der Waals surface area contributed by atoms with Gasteiger partial charge in [0.2, 0.25) is 0 Å². The van der Waals surface area contributed by atoms with Crippen molar-refractivity contribution in [3.8, 4) is 0 Å². The Morgan fingerprint density at radius 1 is 0.875 bits per heavy atom. The maximum absolute atomic E-state index is 12.9. The molecule has 3 aromatic carbocycles. The molecule has 6 heteroatoms. The van der Waals surface area contributed by atoms with E-state index in [1.807, 2.05) is 85.7 Å². The van der Waals surface area contributed by atoms with Gasteiger partial charge in [-0.1, -0.05) is 48.5 Å². The summed E-state index contributed by atoms with van der Waals surface area (Å²) in [5.41, 5.74) is 5.26. The summed E-state index contributed by atoms with van der Waals surface area (Å²) in [6.07, 6.45) is 0. The fourth-order valence-electron chi connectivity index (χ4n) is 3.59. The van der Waals surface area contributed by atoms with Crippen LogP contribution in [0.1, 0.15) is 21.5 Å². The van der Waals surface area contributed by atoms with Crippen molar-refractivity contribution in [2.24, 2.45) is 0 Å². The molecule has 0 fully saturated rings. The molecule has 0 atom stereocenters. The lowest BCUT2D eigenvalue weighted by Crippen LogP contribution is -2.31. The highest BCUT2D eigenvalue weighted by molar-refractivity contribution is 6.37. The Balaban J connectivity index is 1.63. The quantitative estimate of drug-likeness (QED) is 0.501. The van der Waals surface area contributed by atoms with Crippen molar-refractivity contribution in [2.75, 3.05) is 37.8 Å². The topological polar surface area (TPSA) is 73.5 Å². The van der Waals surface area contributed by atoms with Crippen molar-refractivity contribution < 1.29 is 9.59 Å². The van der Waals surface area contributed by atoms with Gasteiger partial charge >= 0.3 is 0 Å². The van der Waals surface area contributed by atoms with Crippen LogP contribution < -0.4 is 16.0 Å². The van der Waals surface area contributed by atoms with Crippen LogP contribution in [-0.2, 0) is 4.79 Å². The minimum Gasteiger partial charge on any atom is -0.354 e. The largest absolute Gasteiger partial charge is 0.354 e. The molecule has 3 aromatic rings. The monoisotopic (exact) mass is 426 g/mol. The zero-order valence-electron chi connectivity index (χ0n) is 18.2. The van der Waals surface area contributed by atoms with Gasteiger partial charge in [-0.15, -0.1) is 0 Å². The molecule has 0 radical (unpaired) electrons. The van der Waals surface area contributed by atoms with Gasteiger partial charge in [-0.2, -0.15) is 0 Å². The number of carbonyl (C=O) groups is 2. The Morgan fingerprint density at radius 3 is 2.28 bits per heavy atom. The summed E-state index contributed by atoms with van der Waals surface area (Å²) < 4.78 is 0. The molecule has 1 aliphatic heterocycles. The lowest BCUT2D eigenvalue weighted by Gasteiger charge is -2.15. The van der Waals surface area contributed by atoms with Crippen LogP contribution in [0.25, 0.3) is 11.3 Å². The first-order chi connectivity index (χ1) is 15.5. The summed E-state index contributed by atoms with van der Waals surface area (Å²) >= 11 is 0. The summed E-state index contributed by atoms with van der Waals surface area (Å²) in [6, 6.07) is 24.7. The number of fused-ring (bicyclic) bond motifs is 1. The van der Waals surface area contributed by atoms with Gasteiger partial charge in [-0.25, -0.2) is 0 Å². The summed E-state index contributed by atoms with van der Waals surface area (Å²) in [5.74, 6) is -0.251. The molecule has 3 N–H and O–H groups in total. The third-order valence-corrected chi connectivity index (χ3v) is 5.25. The van der Waals surface area contributed by atoms with Crippen molar-refractivity contribution in [2.45, 2.75) is 0 Å². The summed E-state index contributed by atoms with van der Waals surface area (Å²) in [4.78, 5) is 27.2. The second-order valence-electron chi connectivity index (χ2n) is 7.88. The number of hydrogen-bond donors (Lipinski definition) is 3. The smallest absolute Gasteiger partial charge is 0.258 e. The first kappa shape index (κ1) is 21.3. The van der Waals surface area contributed by atoms with E-state index in [9.17, 15) is 9.59 Å². The predicted molar refractivity (Wildman–Crippen MR) is 129 cm³/mol. The van der Waals surface area contributed by atoms with Crippen molar-refractivity contribution in [3.05, 3.63) is 95.6 Å². The van der Waals surface area contributed by atoms with Crippen molar-refractivity contribution in [1.29, 1.82) is 0 Å². The molecule has 0 bridgehead atoms. The number of carbonyl (C=O) groups excluding carboxylic acids is 2. The number of nitrogens with zero attached hydrogens (tertiary/aromatic N) is 1. The number of nitrogens with one attached hydrogen (secondary N) is 3. The second-order valence-corrected chi connectivity index (χ2v) is 7.88. The average Bonchev–Trinajstić information content (AvgIpc) is 3.13. The van der Waals surface area contributed by atoms with Crippen molar-refractivity contribution in [3.63, 3.8) is 0 Å². The van der Waals surface area contributed by atoms with E-state index < -0.39 is 0 Å². The van der Waals surface area contributed by atoms with Gasteiger partial charge in [0.05, 0.1) is 11.3 Å². The summed E-state index contributed by atoms with van der Waals surface area (Å²) in [5, 5.41) is 9.27. The maximum atomic E-state index is 12.9. The standard InChI is InChI=1S/C26H26N4O2/c1-30(2)17-16-27-25(31)19-12-14-20(15-13-19)28-24(18-8-4-3-5-9-18)23-21-10-6-7-11-22(21)29-26(23)32/h3-15,28H,16-17H2,1-2H3,(H,27,31)(H,29,32). The Bertz CT molecular complexity index is 1150. The van der Waals surface area contributed by atoms with E-state index in [-0.39, 0.29) is 11.8 Å². The lowest BCUT2D eigenvalue weighted by molar-refractivity contribution is -0.110. The highest BCUT2D eigenvalue weighted by atomic mass is 16.2. The Labute approximate surface area is 188 Å². The van der Waals surface area contributed by atoms with E-state index in [1.165, 1.54) is 0 Å². The third-order valence-electron chi connectivity index (χ3n) is 5.25. The van der Waals surface area contributed by atoms with Gasteiger partial charge in [-0.3, -0.25) is 9.59 Å². The molecule has 0 aliphatic carbocycles. The van der Waals surface area contributed by atoms with Crippen LogP contribution in [0.2, 0.25) is 0 Å². The molecule has 162 valence electrons. The number of hydrogen-bond acceptors (Lipinski definition) is 4. The van der Waals surface area contributed by atoms with Gasteiger partial charge in [0.1, 0.15) is 0 Å². The molecule has 0 spiro atoms. The van der Waals surface area contributed by atoms with Crippen LogP contribution in [-0.4, -0.2) is 43.9 Å². The van der Waals surface area contributed by atoms with Gasteiger partial charge < -0.3 is 20.9 Å². The number of benzene rings is 3. The second kappa shape index (κ2) is 9.49. The molecular formula is C26H26N4O2. The number of anilines is 2. The van der Waals surface area contributed by atoms with Crippen LogP contribution in [0.15, 0.2) is 78.9 Å². The first-order valence-corrected chi connectivity index (χ1v) is 10.5. The highest BCUT2D eigenvalue weighted by Gasteiger charge is 2.28. The van der Waals surface area contributed by atoms with E-state index in [0.717, 1.165) is 34.7 Å². The van der Waals surface area contributed by atoms with Crippen LogP contribution >= 0.6 is 0 Å². The summed E-state index contributed by atoms with van der Waals surface area (Å²) in [6.45, 7) is 1.37. The van der Waals surface area contributed by atoms with E-state index in [0.29, 0.717) is 17.7 Å². The van der Waals surface area contributed by atoms with Crippen LogP contribution in [0, 0.1) is 0 Å². The van der Waals surface area contributed by atoms with Crippen LogP contribution in [0.5, 0.6) is 0 Å². The lowest BCUT2D eigenvalue weighted by atomic mass is 10.00. The minimum absolute atomic E-state index is 0.107.